The fourth-order valence-corrected chi connectivity index (χ4v) is 2.13. The van der Waals surface area contributed by atoms with E-state index in [0.717, 1.165) is 11.5 Å². The summed E-state index contributed by atoms with van der Waals surface area (Å²) >= 11 is 1.98. The minimum absolute atomic E-state index is 0.0816. The van der Waals surface area contributed by atoms with Gasteiger partial charge in [-0.3, -0.25) is 4.79 Å². The van der Waals surface area contributed by atoms with E-state index in [1.54, 1.807) is 6.20 Å². The van der Waals surface area contributed by atoms with Gasteiger partial charge in [0.2, 0.25) is 0 Å². The summed E-state index contributed by atoms with van der Waals surface area (Å²) in [5.41, 5.74) is 2.27. The molecule has 1 heterocycles. The molecule has 0 amide bonds. The van der Waals surface area contributed by atoms with Gasteiger partial charge in [0.1, 0.15) is 5.82 Å². The Morgan fingerprint density at radius 3 is 2.53 bits per heavy atom. The monoisotopic (exact) mass is 338 g/mol. The highest BCUT2D eigenvalue weighted by molar-refractivity contribution is 14.1. The fraction of sp³-hybridized carbons (Fsp3) is 0.231. The molecule has 3 rings (SSSR count). The lowest BCUT2D eigenvalue weighted by Gasteiger charge is -2.02. The van der Waals surface area contributed by atoms with E-state index < -0.39 is 0 Å². The lowest BCUT2D eigenvalue weighted by atomic mass is 10.1. The van der Waals surface area contributed by atoms with Crippen molar-refractivity contribution in [2.24, 2.45) is 0 Å². The molecule has 0 aliphatic heterocycles. The van der Waals surface area contributed by atoms with Crippen LogP contribution in [0.25, 0.3) is 11.4 Å². The van der Waals surface area contributed by atoms with E-state index in [9.17, 15) is 4.79 Å². The molecule has 0 saturated heterocycles. The van der Waals surface area contributed by atoms with Crippen molar-refractivity contribution in [1.29, 1.82) is 0 Å². The van der Waals surface area contributed by atoms with Gasteiger partial charge in [-0.2, -0.15) is 0 Å². The molecule has 1 aromatic carbocycles. The van der Waals surface area contributed by atoms with Crippen LogP contribution in [0.4, 0.5) is 0 Å². The minimum atomic E-state index is -0.0816. The van der Waals surface area contributed by atoms with Crippen molar-refractivity contribution >= 4 is 22.6 Å². The molecule has 0 bridgehead atoms. The van der Waals surface area contributed by atoms with Gasteiger partial charge in [-0.1, -0.05) is 24.3 Å². The fourth-order valence-electron chi connectivity index (χ4n) is 1.86. The van der Waals surface area contributed by atoms with Crippen LogP contribution in [0.3, 0.4) is 0 Å². The van der Waals surface area contributed by atoms with Crippen LogP contribution in [-0.4, -0.2) is 9.97 Å². The van der Waals surface area contributed by atoms with E-state index in [0.29, 0.717) is 9.39 Å². The summed E-state index contributed by atoms with van der Waals surface area (Å²) in [6.45, 7) is 0. The first-order chi connectivity index (χ1) is 8.24. The number of nitrogens with zero attached hydrogens (tertiary/aromatic N) is 1. The molecule has 1 fully saturated rings. The summed E-state index contributed by atoms with van der Waals surface area (Å²) < 4.78 is 0.612. The Kier molecular flexibility index (Phi) is 2.74. The van der Waals surface area contributed by atoms with Gasteiger partial charge in [0, 0.05) is 11.8 Å². The summed E-state index contributed by atoms with van der Waals surface area (Å²) in [7, 11) is 0. The van der Waals surface area contributed by atoms with E-state index in [2.05, 4.69) is 22.1 Å². The molecule has 0 atom stereocenters. The lowest BCUT2D eigenvalue weighted by Crippen LogP contribution is -2.11. The topological polar surface area (TPSA) is 45.8 Å². The third-order valence-corrected chi connectivity index (χ3v) is 3.76. The molecule has 1 saturated carbocycles. The van der Waals surface area contributed by atoms with Gasteiger partial charge >= 0.3 is 0 Å². The zero-order valence-electron chi connectivity index (χ0n) is 9.11. The number of rotatable bonds is 2. The third kappa shape index (κ3) is 2.26. The molecule has 3 nitrogen and oxygen atoms in total. The van der Waals surface area contributed by atoms with Gasteiger partial charge in [-0.15, -0.1) is 0 Å². The molecule has 0 unspecified atom stereocenters. The van der Waals surface area contributed by atoms with Crippen molar-refractivity contribution in [2.45, 2.75) is 18.8 Å². The molecule has 0 spiro atoms. The quantitative estimate of drug-likeness (QED) is 0.856. The smallest absolute Gasteiger partial charge is 0.264 e. The summed E-state index contributed by atoms with van der Waals surface area (Å²) in [6, 6.07) is 8.31. The van der Waals surface area contributed by atoms with Crippen molar-refractivity contribution in [1.82, 2.24) is 9.97 Å². The second kappa shape index (κ2) is 4.25. The molecule has 17 heavy (non-hydrogen) atoms. The number of aromatic nitrogens is 2. The van der Waals surface area contributed by atoms with Crippen LogP contribution in [0.5, 0.6) is 0 Å². The summed E-state index contributed by atoms with van der Waals surface area (Å²) in [6.07, 6.45) is 4.21. The maximum Gasteiger partial charge on any atom is 0.264 e. The Labute approximate surface area is 112 Å². The van der Waals surface area contributed by atoms with Crippen molar-refractivity contribution in [2.75, 3.05) is 0 Å². The van der Waals surface area contributed by atoms with E-state index in [-0.39, 0.29) is 5.56 Å². The second-order valence-electron chi connectivity index (χ2n) is 4.31. The molecule has 1 aliphatic carbocycles. The number of H-pyrrole nitrogens is 1. The van der Waals surface area contributed by atoms with Gasteiger partial charge < -0.3 is 4.98 Å². The molecule has 4 heteroatoms. The van der Waals surface area contributed by atoms with E-state index in [4.69, 9.17) is 0 Å². The Morgan fingerprint density at radius 2 is 1.94 bits per heavy atom. The average Bonchev–Trinajstić information content (AvgIpc) is 3.17. The number of benzene rings is 1. The third-order valence-electron chi connectivity index (χ3n) is 2.99. The molecule has 0 radical (unpaired) electrons. The van der Waals surface area contributed by atoms with Crippen LogP contribution in [0.15, 0.2) is 35.3 Å². The Bertz CT molecular complexity index is 600. The Hall–Kier alpha value is -1.17. The van der Waals surface area contributed by atoms with E-state index >= 15 is 0 Å². The van der Waals surface area contributed by atoms with Crippen molar-refractivity contribution < 1.29 is 0 Å². The zero-order chi connectivity index (χ0) is 11.8. The first kappa shape index (κ1) is 11.0. The van der Waals surface area contributed by atoms with Crippen LogP contribution in [0, 0.1) is 3.57 Å². The summed E-state index contributed by atoms with van der Waals surface area (Å²) in [4.78, 5) is 18.5. The molecule has 2 aromatic rings. The maximum atomic E-state index is 11.5. The highest BCUT2D eigenvalue weighted by Gasteiger charge is 2.23. The molecular weight excluding hydrogens is 327 g/mol. The predicted molar refractivity (Wildman–Crippen MR) is 75.0 cm³/mol. The molecule has 1 N–H and O–H groups in total. The summed E-state index contributed by atoms with van der Waals surface area (Å²) in [5.74, 6) is 1.39. The number of hydrogen-bond donors (Lipinski definition) is 1. The minimum Gasteiger partial charge on any atom is -0.306 e. The van der Waals surface area contributed by atoms with Crippen molar-refractivity contribution in [3.05, 3.63) is 49.9 Å². The highest BCUT2D eigenvalue weighted by Crippen LogP contribution is 2.40. The van der Waals surface area contributed by atoms with Gasteiger partial charge in [0.15, 0.2) is 0 Å². The standard InChI is InChI=1S/C13H11IN2O/c14-11-7-15-12(16-13(11)17)10-5-3-9(4-6-10)8-1-2-8/h3-8H,1-2H2,(H,15,16,17). The predicted octanol–water partition coefficient (Wildman–Crippen LogP) is 2.92. The van der Waals surface area contributed by atoms with E-state index in [1.165, 1.54) is 18.4 Å². The van der Waals surface area contributed by atoms with Crippen LogP contribution in [0.1, 0.15) is 24.3 Å². The zero-order valence-corrected chi connectivity index (χ0v) is 11.3. The van der Waals surface area contributed by atoms with Gasteiger partial charge in [-0.25, -0.2) is 4.98 Å². The van der Waals surface area contributed by atoms with Crippen LogP contribution in [0.2, 0.25) is 0 Å². The van der Waals surface area contributed by atoms with Crippen molar-refractivity contribution in [3.8, 4) is 11.4 Å². The van der Waals surface area contributed by atoms with Crippen LogP contribution < -0.4 is 5.56 Å². The maximum absolute atomic E-state index is 11.5. The Balaban J connectivity index is 1.97. The lowest BCUT2D eigenvalue weighted by molar-refractivity contribution is 1.10. The molecular formula is C13H11IN2O. The van der Waals surface area contributed by atoms with Gasteiger partial charge in [-0.05, 0) is 46.9 Å². The largest absolute Gasteiger partial charge is 0.306 e. The number of hydrogen-bond acceptors (Lipinski definition) is 2. The second-order valence-corrected chi connectivity index (χ2v) is 5.47. The first-order valence-corrected chi connectivity index (χ1v) is 6.67. The number of nitrogens with one attached hydrogen (secondary N) is 1. The van der Waals surface area contributed by atoms with Gasteiger partial charge in [0.25, 0.3) is 5.56 Å². The van der Waals surface area contributed by atoms with Crippen molar-refractivity contribution in [3.63, 3.8) is 0 Å². The SMILES string of the molecule is O=c1[nH]c(-c2ccc(C3CC3)cc2)ncc1I. The number of aromatic amines is 1. The first-order valence-electron chi connectivity index (χ1n) is 5.59. The molecule has 1 aromatic heterocycles. The molecule has 1 aliphatic rings. The normalized spacial score (nSPS) is 14.9. The Morgan fingerprint density at radius 1 is 1.24 bits per heavy atom. The average molecular weight is 338 g/mol. The highest BCUT2D eigenvalue weighted by atomic mass is 127. The number of halogens is 1. The molecule has 86 valence electrons. The van der Waals surface area contributed by atoms with Crippen LogP contribution >= 0.6 is 22.6 Å². The van der Waals surface area contributed by atoms with Gasteiger partial charge in [0.05, 0.1) is 3.57 Å². The summed E-state index contributed by atoms with van der Waals surface area (Å²) in [5, 5.41) is 0. The van der Waals surface area contributed by atoms with Crippen LogP contribution in [-0.2, 0) is 0 Å². The van der Waals surface area contributed by atoms with E-state index in [1.807, 2.05) is 34.7 Å².